The maximum Gasteiger partial charge on any atom is 0.294 e. The first-order chi connectivity index (χ1) is 11.5. The minimum Gasteiger partial charge on any atom is -0.341 e. The van der Waals surface area contributed by atoms with Crippen molar-refractivity contribution in [1.29, 1.82) is 0 Å². The molecular formula is C18H20N2O3S. The molecule has 5 nitrogen and oxygen atoms in total. The Bertz CT molecular complexity index is 691. The van der Waals surface area contributed by atoms with Crippen molar-refractivity contribution in [2.45, 2.75) is 26.2 Å². The number of rotatable bonds is 3. The molecule has 2 fully saturated rings. The van der Waals surface area contributed by atoms with E-state index in [0.29, 0.717) is 18.0 Å². The molecule has 0 spiro atoms. The highest BCUT2D eigenvalue weighted by atomic mass is 32.2. The number of likely N-dealkylation sites (tertiary alicyclic amines) is 1. The molecule has 24 heavy (non-hydrogen) atoms. The summed E-state index contributed by atoms with van der Waals surface area (Å²) < 4.78 is 0. The van der Waals surface area contributed by atoms with Gasteiger partial charge in [-0.25, -0.2) is 0 Å². The SMILES string of the molecule is Cc1ccc(/C=C2\SC(=O)N(CC(=O)N3CCCCC3)C2=O)cc1. The molecule has 0 radical (unpaired) electrons. The van der Waals surface area contributed by atoms with Crippen molar-refractivity contribution in [3.63, 3.8) is 0 Å². The zero-order valence-corrected chi connectivity index (χ0v) is 14.5. The lowest BCUT2D eigenvalue weighted by molar-refractivity contribution is -0.136. The van der Waals surface area contributed by atoms with Gasteiger partial charge in [-0.2, -0.15) is 0 Å². The van der Waals surface area contributed by atoms with Crippen molar-refractivity contribution >= 4 is 34.9 Å². The molecule has 1 aromatic carbocycles. The van der Waals surface area contributed by atoms with Crippen LogP contribution in [-0.2, 0) is 9.59 Å². The lowest BCUT2D eigenvalue weighted by Gasteiger charge is -2.27. The van der Waals surface area contributed by atoms with Gasteiger partial charge in [0.15, 0.2) is 0 Å². The van der Waals surface area contributed by atoms with Gasteiger partial charge in [-0.15, -0.1) is 0 Å². The number of hydrogen-bond acceptors (Lipinski definition) is 4. The summed E-state index contributed by atoms with van der Waals surface area (Å²) in [6.07, 6.45) is 4.81. The third kappa shape index (κ3) is 3.70. The molecule has 0 N–H and O–H groups in total. The number of amides is 3. The molecule has 0 bridgehead atoms. The molecule has 1 aromatic rings. The van der Waals surface area contributed by atoms with E-state index in [2.05, 4.69) is 0 Å². The Morgan fingerprint density at radius 2 is 1.79 bits per heavy atom. The number of nitrogens with zero attached hydrogens (tertiary/aromatic N) is 2. The highest BCUT2D eigenvalue weighted by Crippen LogP contribution is 2.32. The summed E-state index contributed by atoms with van der Waals surface area (Å²) in [7, 11) is 0. The Kier molecular flexibility index (Phi) is 5.04. The second-order valence-corrected chi connectivity index (χ2v) is 7.11. The van der Waals surface area contributed by atoms with E-state index in [1.54, 1.807) is 11.0 Å². The van der Waals surface area contributed by atoms with Crippen molar-refractivity contribution in [2.24, 2.45) is 0 Å². The fraction of sp³-hybridized carbons (Fsp3) is 0.389. The monoisotopic (exact) mass is 344 g/mol. The topological polar surface area (TPSA) is 57.7 Å². The zero-order chi connectivity index (χ0) is 17.1. The van der Waals surface area contributed by atoms with Gasteiger partial charge in [-0.05, 0) is 49.6 Å². The molecule has 0 aliphatic carbocycles. The summed E-state index contributed by atoms with van der Waals surface area (Å²) in [5.74, 6) is -0.524. The van der Waals surface area contributed by atoms with Crippen LogP contribution in [0.25, 0.3) is 6.08 Å². The predicted molar refractivity (Wildman–Crippen MR) is 94.3 cm³/mol. The van der Waals surface area contributed by atoms with E-state index in [1.807, 2.05) is 31.2 Å². The van der Waals surface area contributed by atoms with Crippen LogP contribution in [0.2, 0.25) is 0 Å². The lowest BCUT2D eigenvalue weighted by Crippen LogP contribution is -2.44. The number of piperidine rings is 1. The van der Waals surface area contributed by atoms with E-state index in [1.165, 1.54) is 0 Å². The summed E-state index contributed by atoms with van der Waals surface area (Å²) in [4.78, 5) is 40.0. The Labute approximate surface area is 145 Å². The van der Waals surface area contributed by atoms with Gasteiger partial charge >= 0.3 is 0 Å². The Balaban J connectivity index is 1.69. The second-order valence-electron chi connectivity index (χ2n) is 6.12. The quantitative estimate of drug-likeness (QED) is 0.791. The molecule has 3 amide bonds. The normalized spacial score (nSPS) is 20.1. The van der Waals surface area contributed by atoms with E-state index in [4.69, 9.17) is 0 Å². The van der Waals surface area contributed by atoms with Crippen LogP contribution in [0, 0.1) is 6.92 Å². The number of carbonyl (C=O) groups is 3. The Morgan fingerprint density at radius 1 is 1.12 bits per heavy atom. The van der Waals surface area contributed by atoms with E-state index < -0.39 is 0 Å². The van der Waals surface area contributed by atoms with E-state index in [-0.39, 0.29) is 23.6 Å². The van der Waals surface area contributed by atoms with Gasteiger partial charge in [0.2, 0.25) is 5.91 Å². The zero-order valence-electron chi connectivity index (χ0n) is 13.7. The van der Waals surface area contributed by atoms with Gasteiger partial charge in [-0.1, -0.05) is 29.8 Å². The molecule has 2 aliphatic heterocycles. The van der Waals surface area contributed by atoms with Crippen molar-refractivity contribution in [2.75, 3.05) is 19.6 Å². The summed E-state index contributed by atoms with van der Waals surface area (Å²) in [5.41, 5.74) is 2.00. The van der Waals surface area contributed by atoms with Crippen molar-refractivity contribution < 1.29 is 14.4 Å². The van der Waals surface area contributed by atoms with Gasteiger partial charge in [-0.3, -0.25) is 19.3 Å². The molecule has 3 rings (SSSR count). The minimum absolute atomic E-state index is 0.145. The molecule has 2 heterocycles. The largest absolute Gasteiger partial charge is 0.341 e. The molecule has 2 aliphatic rings. The molecule has 2 saturated heterocycles. The van der Waals surface area contributed by atoms with Crippen LogP contribution in [0.5, 0.6) is 0 Å². The number of imide groups is 1. The van der Waals surface area contributed by atoms with E-state index >= 15 is 0 Å². The minimum atomic E-state index is -0.379. The van der Waals surface area contributed by atoms with Crippen LogP contribution in [-0.4, -0.2) is 46.5 Å². The molecule has 126 valence electrons. The molecular weight excluding hydrogens is 324 g/mol. The van der Waals surface area contributed by atoms with Gasteiger partial charge in [0, 0.05) is 13.1 Å². The average molecular weight is 344 g/mol. The van der Waals surface area contributed by atoms with Crippen molar-refractivity contribution in [1.82, 2.24) is 9.80 Å². The van der Waals surface area contributed by atoms with Gasteiger partial charge in [0.25, 0.3) is 11.1 Å². The van der Waals surface area contributed by atoms with Crippen LogP contribution >= 0.6 is 11.8 Å². The fourth-order valence-corrected chi connectivity index (χ4v) is 3.67. The predicted octanol–water partition coefficient (Wildman–Crippen LogP) is 3.04. The third-order valence-corrected chi connectivity index (χ3v) is 5.16. The van der Waals surface area contributed by atoms with Crippen molar-refractivity contribution in [3.05, 3.63) is 40.3 Å². The van der Waals surface area contributed by atoms with Crippen LogP contribution in [0.1, 0.15) is 30.4 Å². The average Bonchev–Trinajstić information content (AvgIpc) is 2.85. The van der Waals surface area contributed by atoms with Crippen LogP contribution in [0.4, 0.5) is 4.79 Å². The number of benzene rings is 1. The standard InChI is InChI=1S/C18H20N2O3S/c1-13-5-7-14(8-6-13)11-15-17(22)20(18(23)24-15)12-16(21)19-9-3-2-4-10-19/h5-8,11H,2-4,9-10,12H2,1H3/b15-11-. The third-order valence-electron chi connectivity index (χ3n) is 4.25. The van der Waals surface area contributed by atoms with Gasteiger partial charge < -0.3 is 4.90 Å². The van der Waals surface area contributed by atoms with Crippen LogP contribution in [0.15, 0.2) is 29.2 Å². The highest BCUT2D eigenvalue weighted by molar-refractivity contribution is 8.18. The number of thioether (sulfide) groups is 1. The van der Waals surface area contributed by atoms with Gasteiger partial charge in [0.1, 0.15) is 6.54 Å². The maximum atomic E-state index is 12.5. The van der Waals surface area contributed by atoms with Crippen LogP contribution in [0.3, 0.4) is 0 Å². The van der Waals surface area contributed by atoms with Crippen molar-refractivity contribution in [3.8, 4) is 0 Å². The number of hydrogen-bond donors (Lipinski definition) is 0. The summed E-state index contributed by atoms with van der Waals surface area (Å²) >= 11 is 0.897. The first kappa shape index (κ1) is 16.8. The molecule has 0 saturated carbocycles. The molecule has 6 heteroatoms. The lowest BCUT2D eigenvalue weighted by atomic mass is 10.1. The van der Waals surface area contributed by atoms with E-state index in [0.717, 1.165) is 47.1 Å². The Morgan fingerprint density at radius 3 is 2.46 bits per heavy atom. The van der Waals surface area contributed by atoms with Gasteiger partial charge in [0.05, 0.1) is 4.91 Å². The summed E-state index contributed by atoms with van der Waals surface area (Å²) in [6.45, 7) is 3.27. The first-order valence-corrected chi connectivity index (χ1v) is 8.96. The molecule has 0 atom stereocenters. The summed E-state index contributed by atoms with van der Waals surface area (Å²) in [5, 5.41) is -0.372. The Hall–Kier alpha value is -2.08. The first-order valence-electron chi connectivity index (χ1n) is 8.14. The number of aryl methyl sites for hydroxylation is 1. The molecule has 0 unspecified atom stereocenters. The van der Waals surface area contributed by atoms with Crippen LogP contribution < -0.4 is 0 Å². The number of carbonyl (C=O) groups excluding carboxylic acids is 3. The fourth-order valence-electron chi connectivity index (χ4n) is 2.83. The molecule has 0 aromatic heterocycles. The second kappa shape index (κ2) is 7.21. The summed E-state index contributed by atoms with van der Waals surface area (Å²) in [6, 6.07) is 7.72. The highest BCUT2D eigenvalue weighted by Gasteiger charge is 2.37. The smallest absolute Gasteiger partial charge is 0.294 e. The maximum absolute atomic E-state index is 12.5. The van der Waals surface area contributed by atoms with E-state index in [9.17, 15) is 14.4 Å².